The van der Waals surface area contributed by atoms with Gasteiger partial charge in [0.2, 0.25) is 5.91 Å². The van der Waals surface area contributed by atoms with Crippen molar-refractivity contribution in [3.8, 4) is 0 Å². The predicted molar refractivity (Wildman–Crippen MR) is 75.2 cm³/mol. The van der Waals surface area contributed by atoms with Crippen molar-refractivity contribution < 1.29 is 9.59 Å². The molecule has 5 heteroatoms. The Morgan fingerprint density at radius 2 is 1.89 bits per heavy atom. The van der Waals surface area contributed by atoms with Crippen molar-refractivity contribution in [2.75, 3.05) is 30.9 Å². The van der Waals surface area contributed by atoms with E-state index in [1.54, 1.807) is 0 Å². The molecule has 0 spiro atoms. The van der Waals surface area contributed by atoms with Gasteiger partial charge in [-0.05, 0) is 31.2 Å². The predicted octanol–water partition coefficient (Wildman–Crippen LogP) is 1.31. The van der Waals surface area contributed by atoms with Crippen molar-refractivity contribution in [3.05, 3.63) is 24.3 Å². The molecule has 1 aromatic rings. The minimum absolute atomic E-state index is 0.102. The molecule has 1 fully saturated rings. The van der Waals surface area contributed by atoms with E-state index in [1.165, 1.54) is 4.90 Å². The van der Waals surface area contributed by atoms with Crippen LogP contribution in [0.15, 0.2) is 24.3 Å². The number of carbonyl (C=O) groups is 2. The van der Waals surface area contributed by atoms with Gasteiger partial charge in [0.1, 0.15) is 6.04 Å². The lowest BCUT2D eigenvalue weighted by Crippen LogP contribution is -2.34. The van der Waals surface area contributed by atoms with E-state index in [9.17, 15) is 9.59 Å². The molecule has 5 nitrogen and oxygen atoms in total. The van der Waals surface area contributed by atoms with Crippen LogP contribution in [-0.2, 0) is 9.59 Å². The van der Waals surface area contributed by atoms with Crippen LogP contribution in [0.4, 0.5) is 11.4 Å². The molecule has 0 aliphatic carbocycles. The fourth-order valence-electron chi connectivity index (χ4n) is 2.19. The zero-order valence-electron chi connectivity index (χ0n) is 11.5. The number of imide groups is 1. The Kier molecular flexibility index (Phi) is 3.74. The number of likely N-dealkylation sites (N-methyl/N-ethyl adjacent to an activating group) is 1. The molecule has 2 rings (SSSR count). The zero-order valence-corrected chi connectivity index (χ0v) is 11.5. The molecule has 1 N–H and O–H groups in total. The summed E-state index contributed by atoms with van der Waals surface area (Å²) >= 11 is 0. The lowest BCUT2D eigenvalue weighted by Gasteiger charge is -2.16. The van der Waals surface area contributed by atoms with Gasteiger partial charge in [-0.25, -0.2) is 0 Å². The lowest BCUT2D eigenvalue weighted by atomic mass is 10.2. The molecule has 0 aromatic heterocycles. The average molecular weight is 261 g/mol. The smallest absolute Gasteiger partial charge is 0.252 e. The van der Waals surface area contributed by atoms with Crippen LogP contribution in [0.25, 0.3) is 0 Å². The Hall–Kier alpha value is -2.04. The van der Waals surface area contributed by atoms with Gasteiger partial charge in [0, 0.05) is 32.0 Å². The summed E-state index contributed by atoms with van der Waals surface area (Å²) in [5, 5.41) is 3.12. The first-order valence-electron chi connectivity index (χ1n) is 6.41. The Morgan fingerprint density at radius 1 is 1.26 bits per heavy atom. The first-order valence-corrected chi connectivity index (χ1v) is 6.41. The molecular weight excluding hydrogens is 242 g/mol. The molecule has 1 aliphatic rings. The second-order valence-corrected chi connectivity index (χ2v) is 4.82. The molecule has 1 heterocycles. The SMILES string of the molecule is CCN1C(=O)C[C@@H](Nc2ccc(N(C)C)cc2)C1=O. The number of rotatable bonds is 4. The van der Waals surface area contributed by atoms with E-state index < -0.39 is 6.04 Å². The topological polar surface area (TPSA) is 52.7 Å². The average Bonchev–Trinajstić information content (AvgIpc) is 2.64. The Labute approximate surface area is 113 Å². The van der Waals surface area contributed by atoms with Gasteiger partial charge in [0.15, 0.2) is 0 Å². The van der Waals surface area contributed by atoms with Gasteiger partial charge in [-0.15, -0.1) is 0 Å². The Bertz CT molecular complexity index is 482. The van der Waals surface area contributed by atoms with Crippen molar-refractivity contribution in [3.63, 3.8) is 0 Å². The highest BCUT2D eigenvalue weighted by molar-refractivity contribution is 6.06. The number of hydrogen-bond acceptors (Lipinski definition) is 4. The summed E-state index contributed by atoms with van der Waals surface area (Å²) in [5.41, 5.74) is 1.95. The zero-order chi connectivity index (χ0) is 14.0. The largest absolute Gasteiger partial charge is 0.378 e. The van der Waals surface area contributed by atoms with Gasteiger partial charge < -0.3 is 10.2 Å². The second kappa shape index (κ2) is 5.30. The molecule has 102 valence electrons. The standard InChI is InChI=1S/C14H19N3O2/c1-4-17-13(18)9-12(14(17)19)15-10-5-7-11(8-6-10)16(2)3/h5-8,12,15H,4,9H2,1-3H3/t12-/m1/s1. The third-order valence-electron chi connectivity index (χ3n) is 3.28. The number of nitrogens with zero attached hydrogens (tertiary/aromatic N) is 2. The fourth-order valence-corrected chi connectivity index (χ4v) is 2.19. The summed E-state index contributed by atoms with van der Waals surface area (Å²) in [6.45, 7) is 2.25. The number of amides is 2. The first-order chi connectivity index (χ1) is 9.02. The van der Waals surface area contributed by atoms with Crippen LogP contribution < -0.4 is 10.2 Å². The van der Waals surface area contributed by atoms with Gasteiger partial charge in [-0.3, -0.25) is 14.5 Å². The Morgan fingerprint density at radius 3 is 2.37 bits per heavy atom. The van der Waals surface area contributed by atoms with Crippen LogP contribution in [0, 0.1) is 0 Å². The monoisotopic (exact) mass is 261 g/mol. The van der Waals surface area contributed by atoms with E-state index >= 15 is 0 Å². The summed E-state index contributed by atoms with van der Waals surface area (Å²) in [7, 11) is 3.95. The lowest BCUT2D eigenvalue weighted by molar-refractivity contribution is -0.138. The first kappa shape index (κ1) is 13.4. The van der Waals surface area contributed by atoms with Crippen molar-refractivity contribution in [2.45, 2.75) is 19.4 Å². The molecule has 19 heavy (non-hydrogen) atoms. The van der Waals surface area contributed by atoms with Gasteiger partial charge in [0.25, 0.3) is 5.91 Å². The number of benzene rings is 1. The number of nitrogens with one attached hydrogen (secondary N) is 1. The molecule has 2 amide bonds. The highest BCUT2D eigenvalue weighted by Crippen LogP contribution is 2.20. The molecule has 0 unspecified atom stereocenters. The molecular formula is C14H19N3O2. The van der Waals surface area contributed by atoms with Crippen molar-refractivity contribution in [2.24, 2.45) is 0 Å². The summed E-state index contributed by atoms with van der Waals surface area (Å²) in [5.74, 6) is -0.237. The fraction of sp³-hybridized carbons (Fsp3) is 0.429. The second-order valence-electron chi connectivity index (χ2n) is 4.82. The van der Waals surface area contributed by atoms with Gasteiger partial charge >= 0.3 is 0 Å². The van der Waals surface area contributed by atoms with Crippen molar-refractivity contribution in [1.82, 2.24) is 4.90 Å². The number of likely N-dealkylation sites (tertiary alicyclic amines) is 1. The highest BCUT2D eigenvalue weighted by atomic mass is 16.2. The minimum Gasteiger partial charge on any atom is -0.378 e. The number of hydrogen-bond donors (Lipinski definition) is 1. The van der Waals surface area contributed by atoms with Crippen molar-refractivity contribution in [1.29, 1.82) is 0 Å². The summed E-state index contributed by atoms with van der Waals surface area (Å²) in [6, 6.07) is 7.35. The van der Waals surface area contributed by atoms with Gasteiger partial charge in [-0.2, -0.15) is 0 Å². The maximum Gasteiger partial charge on any atom is 0.252 e. The maximum atomic E-state index is 12.0. The molecule has 1 aliphatic heterocycles. The van der Waals surface area contributed by atoms with Crippen LogP contribution in [0.1, 0.15) is 13.3 Å². The molecule has 0 bridgehead atoms. The highest BCUT2D eigenvalue weighted by Gasteiger charge is 2.37. The van der Waals surface area contributed by atoms with Crippen LogP contribution in [-0.4, -0.2) is 43.4 Å². The minimum atomic E-state index is -0.433. The van der Waals surface area contributed by atoms with Crippen LogP contribution in [0.2, 0.25) is 0 Å². The van der Waals surface area contributed by atoms with E-state index in [4.69, 9.17) is 0 Å². The summed E-state index contributed by atoms with van der Waals surface area (Å²) < 4.78 is 0. The van der Waals surface area contributed by atoms with E-state index in [-0.39, 0.29) is 18.2 Å². The molecule has 0 radical (unpaired) electrons. The molecule has 1 aromatic carbocycles. The van der Waals surface area contributed by atoms with E-state index in [1.807, 2.05) is 50.2 Å². The van der Waals surface area contributed by atoms with E-state index in [0.717, 1.165) is 11.4 Å². The summed E-state index contributed by atoms with van der Waals surface area (Å²) in [4.78, 5) is 26.9. The Balaban J connectivity index is 2.06. The van der Waals surface area contributed by atoms with Crippen LogP contribution >= 0.6 is 0 Å². The summed E-state index contributed by atoms with van der Waals surface area (Å²) in [6.07, 6.45) is 0.238. The quantitative estimate of drug-likeness (QED) is 0.830. The van der Waals surface area contributed by atoms with Crippen molar-refractivity contribution >= 4 is 23.2 Å². The number of anilines is 2. The normalized spacial score (nSPS) is 18.9. The third-order valence-corrected chi connectivity index (χ3v) is 3.28. The maximum absolute atomic E-state index is 12.0. The number of carbonyl (C=O) groups excluding carboxylic acids is 2. The van der Waals surface area contributed by atoms with E-state index in [2.05, 4.69) is 5.32 Å². The van der Waals surface area contributed by atoms with Gasteiger partial charge in [0.05, 0.1) is 6.42 Å². The van der Waals surface area contributed by atoms with Crippen LogP contribution in [0.5, 0.6) is 0 Å². The molecule has 1 saturated heterocycles. The van der Waals surface area contributed by atoms with Crippen LogP contribution in [0.3, 0.4) is 0 Å². The van der Waals surface area contributed by atoms with Gasteiger partial charge in [-0.1, -0.05) is 0 Å². The molecule has 1 atom stereocenters. The molecule has 0 saturated carbocycles. The van der Waals surface area contributed by atoms with E-state index in [0.29, 0.717) is 6.54 Å². The third kappa shape index (κ3) is 2.70.